The van der Waals surface area contributed by atoms with Gasteiger partial charge in [0.1, 0.15) is 18.0 Å². The van der Waals surface area contributed by atoms with Crippen molar-refractivity contribution in [2.45, 2.75) is 33.4 Å². The van der Waals surface area contributed by atoms with E-state index in [0.29, 0.717) is 23.8 Å². The second-order valence-electron chi connectivity index (χ2n) is 6.75. The van der Waals surface area contributed by atoms with Gasteiger partial charge in [-0.3, -0.25) is 4.79 Å². The van der Waals surface area contributed by atoms with Gasteiger partial charge in [0.15, 0.2) is 0 Å². The molecule has 7 heteroatoms. The topological polar surface area (TPSA) is 77.7 Å². The third-order valence-electron chi connectivity index (χ3n) is 4.28. The van der Waals surface area contributed by atoms with Gasteiger partial charge in [-0.05, 0) is 69.3 Å². The zero-order chi connectivity index (χ0) is 20.8. The fraction of sp³-hybridized carbons (Fsp3) is 0.318. The van der Waals surface area contributed by atoms with Crippen molar-refractivity contribution in [2.75, 3.05) is 13.7 Å². The highest BCUT2D eigenvalue weighted by Gasteiger charge is 2.18. The van der Waals surface area contributed by atoms with Crippen LogP contribution in [-0.4, -0.2) is 40.7 Å². The summed E-state index contributed by atoms with van der Waals surface area (Å²) in [5.74, 6) is 2.24. The number of benzene rings is 2. The van der Waals surface area contributed by atoms with E-state index in [1.54, 1.807) is 36.3 Å². The molecule has 3 rings (SSSR count). The van der Waals surface area contributed by atoms with Crippen molar-refractivity contribution in [3.05, 3.63) is 60.0 Å². The first kappa shape index (κ1) is 20.4. The van der Waals surface area contributed by atoms with Crippen LogP contribution >= 0.6 is 0 Å². The quantitative estimate of drug-likeness (QED) is 0.569. The maximum Gasteiger partial charge on any atom is 0.254 e. The van der Waals surface area contributed by atoms with Gasteiger partial charge >= 0.3 is 0 Å². The fourth-order valence-corrected chi connectivity index (χ4v) is 2.80. The van der Waals surface area contributed by atoms with Crippen molar-refractivity contribution < 1.29 is 18.8 Å². The minimum absolute atomic E-state index is 0.0844. The molecule has 0 aliphatic rings. The number of carbonyl (C=O) groups excluding carboxylic acids is 1. The summed E-state index contributed by atoms with van der Waals surface area (Å²) >= 11 is 0. The fourth-order valence-electron chi connectivity index (χ4n) is 2.80. The number of aromatic nitrogens is 2. The van der Waals surface area contributed by atoms with Crippen molar-refractivity contribution in [3.63, 3.8) is 0 Å². The number of nitrogens with zero attached hydrogens (tertiary/aromatic N) is 3. The molecule has 2 aromatic carbocycles. The first-order valence-electron chi connectivity index (χ1n) is 9.53. The molecule has 0 aliphatic heterocycles. The molecular weight excluding hydrogens is 370 g/mol. The van der Waals surface area contributed by atoms with Crippen molar-refractivity contribution in [1.29, 1.82) is 0 Å². The number of rotatable bonds is 8. The highest BCUT2D eigenvalue weighted by atomic mass is 16.5. The zero-order valence-electron chi connectivity index (χ0n) is 17.1. The number of methoxy groups -OCH3 is 1. The van der Waals surface area contributed by atoms with Gasteiger partial charge in [-0.15, -0.1) is 0 Å². The third kappa shape index (κ3) is 5.13. The van der Waals surface area contributed by atoms with Crippen LogP contribution in [-0.2, 0) is 6.54 Å². The molecule has 152 valence electrons. The average molecular weight is 395 g/mol. The highest BCUT2D eigenvalue weighted by Crippen LogP contribution is 2.21. The summed E-state index contributed by atoms with van der Waals surface area (Å²) in [6.45, 7) is 6.59. The van der Waals surface area contributed by atoms with Gasteiger partial charge in [0.05, 0.1) is 13.2 Å². The Morgan fingerprint density at radius 3 is 2.31 bits per heavy atom. The van der Waals surface area contributed by atoms with Crippen LogP contribution in [0.25, 0.3) is 11.4 Å². The molecule has 0 fully saturated rings. The maximum atomic E-state index is 12.8. The van der Waals surface area contributed by atoms with Crippen LogP contribution in [0.3, 0.4) is 0 Å². The minimum Gasteiger partial charge on any atom is -0.497 e. The summed E-state index contributed by atoms with van der Waals surface area (Å²) in [7, 11) is 1.61. The van der Waals surface area contributed by atoms with E-state index in [9.17, 15) is 4.79 Å². The molecule has 1 heterocycles. The van der Waals surface area contributed by atoms with Crippen molar-refractivity contribution >= 4 is 5.91 Å². The monoisotopic (exact) mass is 395 g/mol. The smallest absolute Gasteiger partial charge is 0.254 e. The number of hydrogen-bond donors (Lipinski definition) is 0. The lowest BCUT2D eigenvalue weighted by atomic mass is 10.2. The Morgan fingerprint density at radius 2 is 1.72 bits per heavy atom. The van der Waals surface area contributed by atoms with E-state index in [-0.39, 0.29) is 18.6 Å². The van der Waals surface area contributed by atoms with Crippen molar-refractivity contribution in [3.8, 4) is 22.9 Å². The van der Waals surface area contributed by atoms with Crippen LogP contribution in [0, 0.1) is 0 Å². The molecule has 0 spiro atoms. The van der Waals surface area contributed by atoms with Crippen LogP contribution < -0.4 is 9.47 Å². The van der Waals surface area contributed by atoms with E-state index in [1.165, 1.54) is 0 Å². The number of carbonyl (C=O) groups is 1. The summed E-state index contributed by atoms with van der Waals surface area (Å²) < 4.78 is 16.1. The Kier molecular flexibility index (Phi) is 6.49. The molecule has 0 unspecified atom stereocenters. The van der Waals surface area contributed by atoms with Gasteiger partial charge in [0, 0.05) is 17.7 Å². The molecule has 0 saturated carbocycles. The van der Waals surface area contributed by atoms with Crippen LogP contribution in [0.1, 0.15) is 37.0 Å². The molecule has 1 amide bonds. The van der Waals surface area contributed by atoms with Gasteiger partial charge in [-0.1, -0.05) is 5.16 Å². The normalized spacial score (nSPS) is 10.8. The Hall–Kier alpha value is -3.35. The van der Waals surface area contributed by atoms with Crippen LogP contribution in [0.2, 0.25) is 0 Å². The number of amides is 1. The number of hydrogen-bond acceptors (Lipinski definition) is 6. The van der Waals surface area contributed by atoms with Crippen LogP contribution in [0.15, 0.2) is 53.1 Å². The largest absolute Gasteiger partial charge is 0.497 e. The van der Waals surface area contributed by atoms with E-state index < -0.39 is 0 Å². The lowest BCUT2D eigenvalue weighted by Gasteiger charge is -2.19. The van der Waals surface area contributed by atoms with E-state index in [0.717, 1.165) is 17.1 Å². The lowest BCUT2D eigenvalue weighted by molar-refractivity contribution is 0.0734. The van der Waals surface area contributed by atoms with Gasteiger partial charge in [0.25, 0.3) is 5.91 Å². The Labute approximate surface area is 170 Å². The molecule has 29 heavy (non-hydrogen) atoms. The third-order valence-corrected chi connectivity index (χ3v) is 4.28. The molecule has 0 aliphatic carbocycles. The lowest BCUT2D eigenvalue weighted by Crippen LogP contribution is -2.30. The molecule has 0 atom stereocenters. The molecule has 7 nitrogen and oxygen atoms in total. The summed E-state index contributed by atoms with van der Waals surface area (Å²) in [4.78, 5) is 18.9. The first-order chi connectivity index (χ1) is 14.0. The molecule has 0 radical (unpaired) electrons. The standard InChI is InChI=1S/C22H25N3O4/c1-5-25(22(26)17-8-12-19(13-9-17)28-15(2)3)14-20-23-21(24-29-20)16-6-10-18(27-4)11-7-16/h6-13,15H,5,14H2,1-4H3. The second-order valence-corrected chi connectivity index (χ2v) is 6.75. The predicted octanol–water partition coefficient (Wildman–Crippen LogP) is 4.19. The Bertz CT molecular complexity index is 933. The molecule has 0 N–H and O–H groups in total. The highest BCUT2D eigenvalue weighted by molar-refractivity contribution is 5.94. The van der Waals surface area contributed by atoms with Crippen molar-refractivity contribution in [1.82, 2.24) is 15.0 Å². The zero-order valence-corrected chi connectivity index (χ0v) is 17.1. The molecule has 0 saturated heterocycles. The Morgan fingerprint density at radius 1 is 1.07 bits per heavy atom. The van der Waals surface area contributed by atoms with E-state index in [4.69, 9.17) is 14.0 Å². The molecule has 3 aromatic rings. The van der Waals surface area contributed by atoms with Crippen LogP contribution in [0.5, 0.6) is 11.5 Å². The van der Waals surface area contributed by atoms with E-state index in [2.05, 4.69) is 10.1 Å². The van der Waals surface area contributed by atoms with Crippen molar-refractivity contribution in [2.24, 2.45) is 0 Å². The minimum atomic E-state index is -0.104. The summed E-state index contributed by atoms with van der Waals surface area (Å²) in [6.07, 6.45) is 0.0844. The SMILES string of the molecule is CCN(Cc1nc(-c2ccc(OC)cc2)no1)C(=O)c1ccc(OC(C)C)cc1. The van der Waals surface area contributed by atoms with Gasteiger partial charge < -0.3 is 18.9 Å². The summed E-state index contributed by atoms with van der Waals surface area (Å²) in [6, 6.07) is 14.5. The van der Waals surface area contributed by atoms with E-state index >= 15 is 0 Å². The maximum absolute atomic E-state index is 12.8. The number of ether oxygens (including phenoxy) is 2. The van der Waals surface area contributed by atoms with Gasteiger partial charge in [0.2, 0.25) is 11.7 Å². The molecular formula is C22H25N3O4. The van der Waals surface area contributed by atoms with Gasteiger partial charge in [-0.2, -0.15) is 4.98 Å². The summed E-state index contributed by atoms with van der Waals surface area (Å²) in [5.41, 5.74) is 1.40. The van der Waals surface area contributed by atoms with Gasteiger partial charge in [-0.25, -0.2) is 0 Å². The second kappa shape index (κ2) is 9.23. The van der Waals surface area contributed by atoms with E-state index in [1.807, 2.05) is 45.0 Å². The predicted molar refractivity (Wildman–Crippen MR) is 109 cm³/mol. The Balaban J connectivity index is 1.69. The average Bonchev–Trinajstić information content (AvgIpc) is 3.20. The first-order valence-corrected chi connectivity index (χ1v) is 9.53. The summed E-state index contributed by atoms with van der Waals surface area (Å²) in [5, 5.41) is 4.02. The molecule has 0 bridgehead atoms. The van der Waals surface area contributed by atoms with Crippen LogP contribution in [0.4, 0.5) is 0 Å². The molecule has 1 aromatic heterocycles.